The highest BCUT2D eigenvalue weighted by atomic mass is 16.7. The number of carbonyl (C=O) groups excluding carboxylic acids is 2. The molecule has 0 bridgehead atoms. The van der Waals surface area contributed by atoms with E-state index in [1.807, 2.05) is 0 Å². The molecule has 4 nitrogen and oxygen atoms in total. The van der Waals surface area contributed by atoms with E-state index >= 15 is 0 Å². The van der Waals surface area contributed by atoms with Gasteiger partial charge in [0.05, 0.1) is 5.41 Å². The molecule has 0 fully saturated rings. The number of hydrogen-bond acceptors (Lipinski definition) is 4. The van der Waals surface area contributed by atoms with Gasteiger partial charge in [0.25, 0.3) is 0 Å². The summed E-state index contributed by atoms with van der Waals surface area (Å²) in [6.45, 7) is 9.16. The molecule has 170 valence electrons. The summed E-state index contributed by atoms with van der Waals surface area (Å²) in [7, 11) is 0. The minimum atomic E-state index is -0.822. The smallest absolute Gasteiger partial charge is 0.314 e. The second kappa shape index (κ2) is 17.5. The predicted molar refractivity (Wildman–Crippen MR) is 121 cm³/mol. The second-order valence-electron chi connectivity index (χ2n) is 9.05. The molecule has 0 N–H and O–H groups in total. The molecule has 0 aliphatic carbocycles. The van der Waals surface area contributed by atoms with Gasteiger partial charge in [-0.3, -0.25) is 9.59 Å². The van der Waals surface area contributed by atoms with E-state index in [-0.39, 0.29) is 11.9 Å². The van der Waals surface area contributed by atoms with Crippen molar-refractivity contribution in [3.63, 3.8) is 0 Å². The fourth-order valence-corrected chi connectivity index (χ4v) is 2.94. The van der Waals surface area contributed by atoms with Crippen LogP contribution in [0.3, 0.4) is 0 Å². The van der Waals surface area contributed by atoms with Crippen molar-refractivity contribution >= 4 is 11.9 Å². The number of ether oxygens (including phenoxy) is 2. The van der Waals surface area contributed by atoms with Gasteiger partial charge in [-0.05, 0) is 52.9 Å². The molecule has 29 heavy (non-hydrogen) atoms. The van der Waals surface area contributed by atoms with E-state index in [2.05, 4.69) is 19.1 Å². The quantitative estimate of drug-likeness (QED) is 0.108. The van der Waals surface area contributed by atoms with Gasteiger partial charge in [0.15, 0.2) is 0 Å². The summed E-state index contributed by atoms with van der Waals surface area (Å²) in [5.74, 6) is -0.657. The van der Waals surface area contributed by atoms with Crippen molar-refractivity contribution in [2.75, 3.05) is 0 Å². The van der Waals surface area contributed by atoms with E-state index in [4.69, 9.17) is 9.47 Å². The lowest BCUT2D eigenvalue weighted by atomic mass is 9.97. The summed E-state index contributed by atoms with van der Waals surface area (Å²) >= 11 is 0. The molecule has 0 aromatic rings. The summed E-state index contributed by atoms with van der Waals surface area (Å²) in [6, 6.07) is 0. The van der Waals surface area contributed by atoms with E-state index in [1.165, 1.54) is 57.8 Å². The number of rotatable bonds is 17. The molecule has 1 unspecified atom stereocenters. The zero-order valence-corrected chi connectivity index (χ0v) is 19.8. The second-order valence-corrected chi connectivity index (χ2v) is 9.05. The van der Waals surface area contributed by atoms with Crippen LogP contribution in [0, 0.1) is 5.41 Å². The average Bonchev–Trinajstić information content (AvgIpc) is 2.64. The van der Waals surface area contributed by atoms with Gasteiger partial charge in [0.1, 0.15) is 0 Å². The summed E-state index contributed by atoms with van der Waals surface area (Å²) < 4.78 is 10.3. The lowest BCUT2D eigenvalue weighted by molar-refractivity contribution is -0.190. The molecule has 0 radical (unpaired) electrons. The average molecular weight is 411 g/mol. The predicted octanol–water partition coefficient (Wildman–Crippen LogP) is 7.50. The Balaban J connectivity index is 3.48. The maximum atomic E-state index is 11.8. The van der Waals surface area contributed by atoms with Gasteiger partial charge in [-0.2, -0.15) is 0 Å². The first kappa shape index (κ1) is 27.7. The molecule has 0 aromatic heterocycles. The molecule has 4 heteroatoms. The monoisotopic (exact) mass is 410 g/mol. The molecular weight excluding hydrogens is 364 g/mol. The SMILES string of the molecule is CCCCCCCC/C=C\CCCCCCCC(=O)OC(C)OC(=O)C(C)(C)C. The van der Waals surface area contributed by atoms with Crippen LogP contribution < -0.4 is 0 Å². The van der Waals surface area contributed by atoms with Crippen LogP contribution in [-0.4, -0.2) is 18.2 Å². The fraction of sp³-hybridized carbons (Fsp3) is 0.840. The van der Waals surface area contributed by atoms with Gasteiger partial charge in [0, 0.05) is 13.3 Å². The Bertz CT molecular complexity index is 448. The molecular formula is C25H46O4. The van der Waals surface area contributed by atoms with Crippen LogP contribution in [0.1, 0.15) is 125 Å². The lowest BCUT2D eigenvalue weighted by Gasteiger charge is -2.20. The highest BCUT2D eigenvalue weighted by Gasteiger charge is 2.26. The summed E-state index contributed by atoms with van der Waals surface area (Å²) in [6.07, 6.45) is 20.2. The molecule has 0 aliphatic heterocycles. The fourth-order valence-electron chi connectivity index (χ4n) is 2.94. The van der Waals surface area contributed by atoms with Crippen molar-refractivity contribution in [1.82, 2.24) is 0 Å². The van der Waals surface area contributed by atoms with Crippen molar-refractivity contribution in [2.45, 2.75) is 131 Å². The number of unbranched alkanes of at least 4 members (excludes halogenated alkanes) is 11. The van der Waals surface area contributed by atoms with Gasteiger partial charge >= 0.3 is 11.9 Å². The van der Waals surface area contributed by atoms with Gasteiger partial charge in [-0.25, -0.2) is 0 Å². The van der Waals surface area contributed by atoms with Crippen LogP contribution in [0.5, 0.6) is 0 Å². The van der Waals surface area contributed by atoms with E-state index in [0.29, 0.717) is 6.42 Å². The maximum absolute atomic E-state index is 11.8. The van der Waals surface area contributed by atoms with Crippen LogP contribution in [0.25, 0.3) is 0 Å². The van der Waals surface area contributed by atoms with Gasteiger partial charge in [-0.15, -0.1) is 0 Å². The van der Waals surface area contributed by atoms with Gasteiger partial charge in [-0.1, -0.05) is 70.4 Å². The maximum Gasteiger partial charge on any atom is 0.314 e. The molecule has 1 atom stereocenters. The first-order valence-electron chi connectivity index (χ1n) is 11.8. The van der Waals surface area contributed by atoms with Crippen LogP contribution in [0.15, 0.2) is 12.2 Å². The zero-order valence-electron chi connectivity index (χ0n) is 19.8. The third-order valence-electron chi connectivity index (χ3n) is 4.83. The number of hydrogen-bond donors (Lipinski definition) is 0. The standard InChI is InChI=1S/C25H46O4/c1-6-7-8-9-10-11-12-13-14-15-16-17-18-19-20-21-23(26)28-22(2)29-24(27)25(3,4)5/h13-14,22H,6-12,15-21H2,1-5H3/b14-13-. The highest BCUT2D eigenvalue weighted by Crippen LogP contribution is 2.17. The summed E-state index contributed by atoms with van der Waals surface area (Å²) in [5.41, 5.74) is -0.593. The molecule has 0 saturated heterocycles. The Hall–Kier alpha value is -1.32. The minimum absolute atomic E-state index is 0.295. The van der Waals surface area contributed by atoms with Crippen LogP contribution in [-0.2, 0) is 19.1 Å². The van der Waals surface area contributed by atoms with Crippen molar-refractivity contribution in [1.29, 1.82) is 0 Å². The highest BCUT2D eigenvalue weighted by molar-refractivity contribution is 5.75. The summed E-state index contributed by atoms with van der Waals surface area (Å²) in [4.78, 5) is 23.5. The molecule has 0 heterocycles. The third kappa shape index (κ3) is 18.4. The van der Waals surface area contributed by atoms with E-state index in [0.717, 1.165) is 25.7 Å². The van der Waals surface area contributed by atoms with Crippen LogP contribution >= 0.6 is 0 Å². The van der Waals surface area contributed by atoms with Gasteiger partial charge in [0.2, 0.25) is 6.29 Å². The molecule has 0 aromatic carbocycles. The molecule has 0 rings (SSSR count). The number of esters is 2. The van der Waals surface area contributed by atoms with Crippen LogP contribution in [0.4, 0.5) is 0 Å². The molecule has 0 spiro atoms. The van der Waals surface area contributed by atoms with Crippen molar-refractivity contribution in [3.05, 3.63) is 12.2 Å². The molecule has 0 saturated carbocycles. The first-order valence-corrected chi connectivity index (χ1v) is 11.8. The zero-order chi connectivity index (χ0) is 22.0. The Morgan fingerprint density at radius 1 is 0.759 bits per heavy atom. The Labute approximate surface area is 179 Å². The number of allylic oxidation sites excluding steroid dienone is 2. The molecule has 0 aliphatic rings. The first-order chi connectivity index (χ1) is 13.8. The Morgan fingerprint density at radius 3 is 1.76 bits per heavy atom. The largest absolute Gasteiger partial charge is 0.425 e. The van der Waals surface area contributed by atoms with Crippen molar-refractivity contribution in [3.8, 4) is 0 Å². The van der Waals surface area contributed by atoms with Crippen molar-refractivity contribution < 1.29 is 19.1 Å². The number of carbonyl (C=O) groups is 2. The Morgan fingerprint density at radius 2 is 1.24 bits per heavy atom. The van der Waals surface area contributed by atoms with Crippen LogP contribution in [0.2, 0.25) is 0 Å². The lowest BCUT2D eigenvalue weighted by Crippen LogP contribution is -2.29. The van der Waals surface area contributed by atoms with E-state index < -0.39 is 11.7 Å². The van der Waals surface area contributed by atoms with Gasteiger partial charge < -0.3 is 9.47 Å². The topological polar surface area (TPSA) is 52.6 Å². The van der Waals surface area contributed by atoms with Crippen molar-refractivity contribution in [2.24, 2.45) is 5.41 Å². The Kier molecular flexibility index (Phi) is 16.7. The summed E-state index contributed by atoms with van der Waals surface area (Å²) in [5, 5.41) is 0. The molecule has 0 amide bonds. The third-order valence-corrected chi connectivity index (χ3v) is 4.83. The minimum Gasteiger partial charge on any atom is -0.425 e. The van der Waals surface area contributed by atoms with E-state index in [9.17, 15) is 9.59 Å². The normalized spacial score (nSPS) is 12.9. The van der Waals surface area contributed by atoms with E-state index in [1.54, 1.807) is 27.7 Å².